The summed E-state index contributed by atoms with van der Waals surface area (Å²) in [5.74, 6) is -2.05. The molecular formula is C18H18ClFN4O4S. The number of nitrogens with zero attached hydrogens (tertiary/aromatic N) is 1. The van der Waals surface area contributed by atoms with Crippen LogP contribution in [0.25, 0.3) is 0 Å². The first-order valence-corrected chi connectivity index (χ1v) is 9.82. The van der Waals surface area contributed by atoms with Crippen LogP contribution < -0.4 is 21.3 Å². The molecule has 0 saturated carbocycles. The predicted molar refractivity (Wildman–Crippen MR) is 108 cm³/mol. The number of nitrogens with two attached hydrogens (primary N) is 1. The molecule has 0 bridgehead atoms. The zero-order chi connectivity index (χ0) is 21.0. The van der Waals surface area contributed by atoms with Gasteiger partial charge in [0.25, 0.3) is 11.8 Å². The molecular weight excluding hydrogens is 423 g/mol. The van der Waals surface area contributed by atoms with E-state index in [9.17, 15) is 18.8 Å². The zero-order valence-corrected chi connectivity index (χ0v) is 16.7. The van der Waals surface area contributed by atoms with Crippen LogP contribution in [-0.4, -0.2) is 50.1 Å². The monoisotopic (exact) mass is 440 g/mol. The molecule has 0 radical (unpaired) electrons. The van der Waals surface area contributed by atoms with Crippen LogP contribution in [0.3, 0.4) is 0 Å². The van der Waals surface area contributed by atoms with Gasteiger partial charge in [-0.05, 0) is 30.3 Å². The fraction of sp³-hybridized carbons (Fsp3) is 0.278. The van der Waals surface area contributed by atoms with Crippen molar-refractivity contribution in [2.24, 2.45) is 5.73 Å². The maximum Gasteiger partial charge on any atom is 0.261 e. The van der Waals surface area contributed by atoms with Gasteiger partial charge in [0.15, 0.2) is 0 Å². The number of ether oxygens (including phenoxy) is 1. The van der Waals surface area contributed by atoms with Gasteiger partial charge in [-0.3, -0.25) is 14.4 Å². The molecule has 0 unspecified atom stereocenters. The van der Waals surface area contributed by atoms with Gasteiger partial charge in [0.05, 0.1) is 21.5 Å². The number of carbonyl (C=O) groups excluding carboxylic acids is 3. The second-order valence-corrected chi connectivity index (χ2v) is 7.89. The largest absolute Gasteiger partial charge is 0.370 e. The standard InChI is InChI=1S/C18H18ClFN4O4S/c19-15-4-3-14(29-15)18(27)22-8-12(21)17(26)23-13-2-1-10(7-11(13)20)24-5-6-28-9-16(24)25/h1-4,7,12H,5-6,8-9,21H2,(H,22,27)(H,23,26)/t12-/m1/s1. The summed E-state index contributed by atoms with van der Waals surface area (Å²) in [6, 6.07) is 6.09. The highest BCUT2D eigenvalue weighted by molar-refractivity contribution is 7.18. The van der Waals surface area contributed by atoms with Gasteiger partial charge in [0, 0.05) is 18.8 Å². The van der Waals surface area contributed by atoms with E-state index >= 15 is 0 Å². The van der Waals surface area contributed by atoms with Crippen molar-refractivity contribution >= 4 is 52.0 Å². The number of amides is 3. The quantitative estimate of drug-likeness (QED) is 0.631. The predicted octanol–water partition coefficient (Wildman–Crippen LogP) is 1.60. The Hall–Kier alpha value is -2.53. The number of nitrogens with one attached hydrogen (secondary N) is 2. The summed E-state index contributed by atoms with van der Waals surface area (Å²) < 4.78 is 19.9. The number of morpholine rings is 1. The lowest BCUT2D eigenvalue weighted by molar-refractivity contribution is -0.125. The Balaban J connectivity index is 1.56. The maximum absolute atomic E-state index is 14.4. The fourth-order valence-corrected chi connectivity index (χ4v) is 3.57. The number of thiophene rings is 1. The van der Waals surface area contributed by atoms with Gasteiger partial charge in [0.2, 0.25) is 5.91 Å². The van der Waals surface area contributed by atoms with Crippen molar-refractivity contribution in [1.82, 2.24) is 5.32 Å². The first-order valence-electron chi connectivity index (χ1n) is 8.63. The minimum absolute atomic E-state index is 0.0572. The molecule has 29 heavy (non-hydrogen) atoms. The molecule has 3 rings (SSSR count). The first kappa shape index (κ1) is 21.2. The van der Waals surface area contributed by atoms with E-state index in [1.165, 1.54) is 17.0 Å². The molecule has 11 heteroatoms. The Morgan fingerprint density at radius 2 is 2.14 bits per heavy atom. The molecule has 1 aliphatic rings. The van der Waals surface area contributed by atoms with E-state index in [0.717, 1.165) is 17.4 Å². The highest BCUT2D eigenvalue weighted by atomic mass is 35.5. The molecule has 2 heterocycles. The van der Waals surface area contributed by atoms with Crippen LogP contribution in [0.4, 0.5) is 15.8 Å². The van der Waals surface area contributed by atoms with E-state index < -0.39 is 23.7 Å². The minimum Gasteiger partial charge on any atom is -0.370 e. The topological polar surface area (TPSA) is 114 Å². The number of halogens is 2. The number of rotatable bonds is 6. The van der Waals surface area contributed by atoms with E-state index in [1.807, 2.05) is 0 Å². The minimum atomic E-state index is -1.09. The van der Waals surface area contributed by atoms with Crippen LogP contribution in [0.15, 0.2) is 30.3 Å². The lowest BCUT2D eigenvalue weighted by atomic mass is 10.2. The van der Waals surface area contributed by atoms with E-state index in [0.29, 0.717) is 28.1 Å². The van der Waals surface area contributed by atoms with E-state index in [4.69, 9.17) is 22.1 Å². The lowest BCUT2D eigenvalue weighted by Gasteiger charge is -2.27. The maximum atomic E-state index is 14.4. The van der Waals surface area contributed by atoms with E-state index in [2.05, 4.69) is 10.6 Å². The van der Waals surface area contributed by atoms with Crippen molar-refractivity contribution in [3.63, 3.8) is 0 Å². The van der Waals surface area contributed by atoms with Gasteiger partial charge in [-0.2, -0.15) is 0 Å². The number of anilines is 2. The lowest BCUT2D eigenvalue weighted by Crippen LogP contribution is -2.45. The second-order valence-electron chi connectivity index (χ2n) is 6.17. The fourth-order valence-electron chi connectivity index (χ4n) is 2.61. The molecule has 1 aliphatic heterocycles. The van der Waals surface area contributed by atoms with Crippen molar-refractivity contribution in [1.29, 1.82) is 0 Å². The van der Waals surface area contributed by atoms with Crippen LogP contribution in [0.2, 0.25) is 4.34 Å². The molecule has 1 fully saturated rings. The number of hydrogen-bond acceptors (Lipinski definition) is 6. The van der Waals surface area contributed by atoms with Crippen molar-refractivity contribution in [3.8, 4) is 0 Å². The van der Waals surface area contributed by atoms with E-state index in [1.54, 1.807) is 12.1 Å². The number of benzene rings is 1. The Labute approximate surface area is 174 Å². The zero-order valence-electron chi connectivity index (χ0n) is 15.1. The summed E-state index contributed by atoms with van der Waals surface area (Å²) in [7, 11) is 0. The highest BCUT2D eigenvalue weighted by Gasteiger charge is 2.22. The molecule has 1 atom stereocenters. The summed E-state index contributed by atoms with van der Waals surface area (Å²) in [6.07, 6.45) is 0. The molecule has 1 saturated heterocycles. The van der Waals surface area contributed by atoms with Crippen LogP contribution in [0.5, 0.6) is 0 Å². The first-order chi connectivity index (χ1) is 13.8. The van der Waals surface area contributed by atoms with Crippen LogP contribution in [-0.2, 0) is 14.3 Å². The highest BCUT2D eigenvalue weighted by Crippen LogP contribution is 2.23. The third-order valence-electron chi connectivity index (χ3n) is 4.12. The third-order valence-corrected chi connectivity index (χ3v) is 5.35. The van der Waals surface area contributed by atoms with Crippen LogP contribution in [0.1, 0.15) is 9.67 Å². The summed E-state index contributed by atoms with van der Waals surface area (Å²) in [5.41, 5.74) is 6.07. The van der Waals surface area contributed by atoms with Crippen LogP contribution >= 0.6 is 22.9 Å². The molecule has 8 nitrogen and oxygen atoms in total. The van der Waals surface area contributed by atoms with Gasteiger partial charge in [-0.1, -0.05) is 11.6 Å². The van der Waals surface area contributed by atoms with Gasteiger partial charge >= 0.3 is 0 Å². The van der Waals surface area contributed by atoms with Gasteiger partial charge in [0.1, 0.15) is 18.5 Å². The molecule has 1 aromatic heterocycles. The molecule has 154 valence electrons. The summed E-state index contributed by atoms with van der Waals surface area (Å²) in [5, 5.41) is 4.91. The Kier molecular flexibility index (Phi) is 6.80. The smallest absolute Gasteiger partial charge is 0.261 e. The number of hydrogen-bond donors (Lipinski definition) is 3. The van der Waals surface area contributed by atoms with Crippen molar-refractivity contribution in [2.45, 2.75) is 6.04 Å². The van der Waals surface area contributed by atoms with E-state index in [-0.39, 0.29) is 24.7 Å². The normalized spacial score (nSPS) is 15.1. The molecule has 0 aliphatic carbocycles. The SMILES string of the molecule is N[C@H](CNC(=O)c1ccc(Cl)s1)C(=O)Nc1ccc(N2CCOCC2=O)cc1F. The van der Waals surface area contributed by atoms with Crippen molar-refractivity contribution in [3.05, 3.63) is 45.4 Å². The molecule has 4 N–H and O–H groups in total. The average Bonchev–Trinajstić information content (AvgIpc) is 3.14. The van der Waals surface area contributed by atoms with Crippen LogP contribution in [0, 0.1) is 5.82 Å². The Bertz CT molecular complexity index is 938. The molecule has 1 aromatic carbocycles. The van der Waals surface area contributed by atoms with Gasteiger partial charge in [-0.15, -0.1) is 11.3 Å². The number of carbonyl (C=O) groups is 3. The van der Waals surface area contributed by atoms with Crippen molar-refractivity contribution < 1.29 is 23.5 Å². The second kappa shape index (κ2) is 9.31. The third kappa shape index (κ3) is 5.30. The van der Waals surface area contributed by atoms with Crippen molar-refractivity contribution in [2.75, 3.05) is 36.5 Å². The summed E-state index contributed by atoms with van der Waals surface area (Å²) in [4.78, 5) is 37.8. The molecule has 3 amide bonds. The summed E-state index contributed by atoms with van der Waals surface area (Å²) in [6.45, 7) is 0.495. The Morgan fingerprint density at radius 3 is 2.79 bits per heavy atom. The average molecular weight is 441 g/mol. The summed E-state index contributed by atoms with van der Waals surface area (Å²) >= 11 is 6.88. The molecule has 2 aromatic rings. The van der Waals surface area contributed by atoms with Gasteiger partial charge in [-0.25, -0.2) is 4.39 Å². The Morgan fingerprint density at radius 1 is 1.34 bits per heavy atom. The molecule has 0 spiro atoms. The van der Waals surface area contributed by atoms with Gasteiger partial charge < -0.3 is 26.0 Å².